The minimum absolute atomic E-state index is 0.309. The number of furan rings is 1. The van der Waals surface area contributed by atoms with Crippen LogP contribution in [-0.4, -0.2) is 9.97 Å². The smallest absolute Gasteiger partial charge is 0.199 e. The van der Waals surface area contributed by atoms with Crippen molar-refractivity contribution in [1.29, 1.82) is 0 Å². The number of aromatic nitrogens is 2. The lowest BCUT2D eigenvalue weighted by Crippen LogP contribution is -2.06. The van der Waals surface area contributed by atoms with Crippen LogP contribution in [0.4, 0.5) is 5.82 Å². The molecule has 0 aromatic carbocycles. The largest absolute Gasteiger partial charge is 0.460 e. The highest BCUT2D eigenvalue weighted by Crippen LogP contribution is 2.30. The Bertz CT molecular complexity index is 525. The number of hydrogen-bond donors (Lipinski definition) is 1. The Morgan fingerprint density at radius 1 is 1.35 bits per heavy atom. The van der Waals surface area contributed by atoms with Crippen molar-refractivity contribution in [2.24, 2.45) is 0 Å². The third kappa shape index (κ3) is 2.20. The highest BCUT2D eigenvalue weighted by molar-refractivity contribution is 9.10. The molecule has 0 aliphatic carbocycles. The fraction of sp³-hybridized carbons (Fsp3) is 0.333. The van der Waals surface area contributed by atoms with Gasteiger partial charge in [0.15, 0.2) is 11.6 Å². The summed E-state index contributed by atoms with van der Waals surface area (Å²) in [6, 6.07) is 1.81. The van der Waals surface area contributed by atoms with Crippen LogP contribution in [0.25, 0.3) is 11.6 Å². The quantitative estimate of drug-likeness (QED) is 0.921. The van der Waals surface area contributed by atoms with E-state index >= 15 is 0 Å². The van der Waals surface area contributed by atoms with E-state index in [0.717, 1.165) is 15.7 Å². The third-order valence-corrected chi connectivity index (χ3v) is 3.19. The molecule has 0 unspecified atom stereocenters. The Labute approximate surface area is 108 Å². The summed E-state index contributed by atoms with van der Waals surface area (Å²) in [6.45, 7) is 6.09. The molecule has 0 fully saturated rings. The van der Waals surface area contributed by atoms with E-state index in [4.69, 9.17) is 10.2 Å². The van der Waals surface area contributed by atoms with Crippen molar-refractivity contribution >= 4 is 21.7 Å². The summed E-state index contributed by atoms with van der Waals surface area (Å²) in [5, 5.41) is 0. The van der Waals surface area contributed by atoms with Crippen LogP contribution >= 0.6 is 15.9 Å². The molecule has 2 aromatic heterocycles. The van der Waals surface area contributed by atoms with Crippen molar-refractivity contribution in [3.63, 3.8) is 0 Å². The van der Waals surface area contributed by atoms with Crippen molar-refractivity contribution < 1.29 is 4.42 Å². The lowest BCUT2D eigenvalue weighted by atomic mass is 10.0. The molecule has 0 spiro atoms. The minimum atomic E-state index is 0.309. The fourth-order valence-corrected chi connectivity index (χ4v) is 2.25. The molecule has 0 bridgehead atoms. The van der Waals surface area contributed by atoms with E-state index in [1.807, 2.05) is 6.92 Å². The van der Waals surface area contributed by atoms with Gasteiger partial charge in [-0.2, -0.15) is 0 Å². The zero-order valence-electron chi connectivity index (χ0n) is 9.99. The van der Waals surface area contributed by atoms with Crippen molar-refractivity contribution in [3.05, 3.63) is 28.1 Å². The Kier molecular flexibility index (Phi) is 3.19. The van der Waals surface area contributed by atoms with Gasteiger partial charge >= 0.3 is 0 Å². The van der Waals surface area contributed by atoms with E-state index in [1.54, 1.807) is 12.3 Å². The summed E-state index contributed by atoms with van der Waals surface area (Å²) in [5.74, 6) is 1.95. The Morgan fingerprint density at radius 2 is 2.06 bits per heavy atom. The predicted molar refractivity (Wildman–Crippen MR) is 70.7 cm³/mol. The van der Waals surface area contributed by atoms with Gasteiger partial charge in [-0.15, -0.1) is 0 Å². The average Bonchev–Trinajstić information content (AvgIpc) is 2.62. The van der Waals surface area contributed by atoms with Crippen LogP contribution in [0.5, 0.6) is 0 Å². The topological polar surface area (TPSA) is 64.9 Å². The molecule has 17 heavy (non-hydrogen) atoms. The first-order valence-corrected chi connectivity index (χ1v) is 6.17. The number of halogens is 1. The van der Waals surface area contributed by atoms with Gasteiger partial charge in [-0.05, 0) is 34.8 Å². The molecule has 90 valence electrons. The predicted octanol–water partition coefficient (Wildman–Crippen LogP) is 3.51. The number of rotatable bonds is 2. The summed E-state index contributed by atoms with van der Waals surface area (Å²) in [7, 11) is 0. The van der Waals surface area contributed by atoms with Gasteiger partial charge < -0.3 is 10.2 Å². The van der Waals surface area contributed by atoms with Crippen LogP contribution in [0, 0.1) is 6.92 Å². The summed E-state index contributed by atoms with van der Waals surface area (Å²) >= 11 is 3.38. The summed E-state index contributed by atoms with van der Waals surface area (Å²) in [5.41, 5.74) is 7.86. The molecule has 0 radical (unpaired) electrons. The van der Waals surface area contributed by atoms with Crippen LogP contribution in [0.1, 0.15) is 31.0 Å². The van der Waals surface area contributed by atoms with Crippen molar-refractivity contribution in [2.75, 3.05) is 5.73 Å². The molecule has 0 saturated carbocycles. The van der Waals surface area contributed by atoms with Gasteiger partial charge in [0.25, 0.3) is 0 Å². The number of aryl methyl sites for hydroxylation is 1. The second-order valence-corrected chi connectivity index (χ2v) is 5.04. The van der Waals surface area contributed by atoms with E-state index in [-0.39, 0.29) is 0 Å². The maximum absolute atomic E-state index is 5.97. The van der Waals surface area contributed by atoms with Crippen molar-refractivity contribution in [3.8, 4) is 11.6 Å². The number of nitrogens with zero attached hydrogens (tertiary/aromatic N) is 2. The Hall–Kier alpha value is -1.36. The molecular weight excluding hydrogens is 282 g/mol. The molecule has 0 aliphatic heterocycles. The normalized spacial score (nSPS) is 11.1. The number of nitrogen functional groups attached to an aromatic ring is 1. The van der Waals surface area contributed by atoms with Crippen LogP contribution < -0.4 is 5.73 Å². The van der Waals surface area contributed by atoms with E-state index in [2.05, 4.69) is 39.7 Å². The molecule has 4 nitrogen and oxygen atoms in total. The Balaban J connectivity index is 2.57. The zero-order valence-corrected chi connectivity index (χ0v) is 11.6. The number of nitrogens with two attached hydrogens (primary N) is 1. The SMILES string of the molecule is Cc1nc(-c2occc2Br)nc(N)c1C(C)C. The van der Waals surface area contributed by atoms with Crippen molar-refractivity contribution in [2.45, 2.75) is 26.7 Å². The second-order valence-electron chi connectivity index (χ2n) is 4.18. The summed E-state index contributed by atoms with van der Waals surface area (Å²) < 4.78 is 6.16. The maximum atomic E-state index is 5.97. The summed E-state index contributed by atoms with van der Waals surface area (Å²) in [4.78, 5) is 8.75. The Morgan fingerprint density at radius 3 is 2.53 bits per heavy atom. The molecule has 2 rings (SSSR count). The van der Waals surface area contributed by atoms with Gasteiger partial charge in [-0.1, -0.05) is 13.8 Å². The van der Waals surface area contributed by atoms with Crippen LogP contribution in [-0.2, 0) is 0 Å². The van der Waals surface area contributed by atoms with E-state index in [0.29, 0.717) is 23.3 Å². The molecule has 2 heterocycles. The van der Waals surface area contributed by atoms with Gasteiger partial charge in [-0.3, -0.25) is 0 Å². The maximum Gasteiger partial charge on any atom is 0.199 e. The lowest BCUT2D eigenvalue weighted by molar-refractivity contribution is 0.575. The van der Waals surface area contributed by atoms with Crippen LogP contribution in [0.2, 0.25) is 0 Å². The molecule has 0 saturated heterocycles. The first-order valence-electron chi connectivity index (χ1n) is 5.38. The van der Waals surface area contributed by atoms with Gasteiger partial charge in [0.1, 0.15) is 5.82 Å². The van der Waals surface area contributed by atoms with Gasteiger partial charge in [0.2, 0.25) is 0 Å². The third-order valence-electron chi connectivity index (χ3n) is 2.56. The lowest BCUT2D eigenvalue weighted by Gasteiger charge is -2.12. The number of hydrogen-bond acceptors (Lipinski definition) is 4. The minimum Gasteiger partial charge on any atom is -0.460 e. The average molecular weight is 296 g/mol. The molecule has 5 heteroatoms. The van der Waals surface area contributed by atoms with Crippen LogP contribution in [0.15, 0.2) is 21.2 Å². The first-order chi connectivity index (χ1) is 8.00. The fourth-order valence-electron chi connectivity index (χ4n) is 1.87. The number of anilines is 1. The molecule has 0 amide bonds. The molecule has 0 atom stereocenters. The monoisotopic (exact) mass is 295 g/mol. The van der Waals surface area contributed by atoms with Gasteiger partial charge in [0, 0.05) is 11.3 Å². The van der Waals surface area contributed by atoms with E-state index in [9.17, 15) is 0 Å². The molecule has 2 aromatic rings. The molecular formula is C12H14BrN3O. The summed E-state index contributed by atoms with van der Waals surface area (Å²) in [6.07, 6.45) is 1.59. The zero-order chi connectivity index (χ0) is 12.6. The van der Waals surface area contributed by atoms with E-state index < -0.39 is 0 Å². The highest BCUT2D eigenvalue weighted by Gasteiger charge is 2.16. The second kappa shape index (κ2) is 4.49. The standard InChI is InChI=1S/C12H14BrN3O/c1-6(2)9-7(3)15-12(16-11(9)14)10-8(13)4-5-17-10/h4-6H,1-3H3,(H2,14,15,16). The van der Waals surface area contributed by atoms with E-state index in [1.165, 1.54) is 0 Å². The first kappa shape index (κ1) is 12.1. The van der Waals surface area contributed by atoms with Gasteiger partial charge in [-0.25, -0.2) is 9.97 Å². The van der Waals surface area contributed by atoms with Crippen molar-refractivity contribution in [1.82, 2.24) is 9.97 Å². The van der Waals surface area contributed by atoms with Crippen LogP contribution in [0.3, 0.4) is 0 Å². The van der Waals surface area contributed by atoms with Gasteiger partial charge in [0.05, 0.1) is 10.7 Å². The molecule has 0 aliphatic rings. The highest BCUT2D eigenvalue weighted by atomic mass is 79.9. The molecule has 2 N–H and O–H groups in total.